The number of alkyl halides is 3. The number of nitrogens with zero attached hydrogens (tertiary/aromatic N) is 1. The molecule has 0 aliphatic rings. The minimum Gasteiger partial charge on any atom is -0.372 e. The van der Waals surface area contributed by atoms with Crippen molar-refractivity contribution in [2.75, 3.05) is 33.4 Å². The molecule has 108 valence electrons. The Morgan fingerprint density at radius 2 is 1.89 bits per heavy atom. The van der Waals surface area contributed by atoms with Crippen LogP contribution in [0.4, 0.5) is 13.2 Å². The van der Waals surface area contributed by atoms with Gasteiger partial charge >= 0.3 is 6.18 Å². The van der Waals surface area contributed by atoms with Crippen LogP contribution in [0.15, 0.2) is 0 Å². The summed E-state index contributed by atoms with van der Waals surface area (Å²) in [6.07, 6.45) is -4.41. The van der Waals surface area contributed by atoms with Crippen molar-refractivity contribution >= 4 is 5.91 Å². The lowest BCUT2D eigenvalue weighted by molar-refractivity contribution is -0.175. The number of nitrogens with two attached hydrogens (primary N) is 1. The lowest BCUT2D eigenvalue weighted by Crippen LogP contribution is -2.40. The van der Waals surface area contributed by atoms with Crippen molar-refractivity contribution in [1.82, 2.24) is 4.90 Å². The topological polar surface area (TPSA) is 55.6 Å². The van der Waals surface area contributed by atoms with Gasteiger partial charge in [-0.2, -0.15) is 13.2 Å². The van der Waals surface area contributed by atoms with Crippen molar-refractivity contribution in [1.29, 1.82) is 0 Å². The van der Waals surface area contributed by atoms with Gasteiger partial charge in [-0.1, -0.05) is 13.8 Å². The van der Waals surface area contributed by atoms with Crippen LogP contribution in [0.2, 0.25) is 0 Å². The summed E-state index contributed by atoms with van der Waals surface area (Å²) in [5.74, 6) is -0.251. The highest BCUT2D eigenvalue weighted by Gasteiger charge is 2.27. The average molecular weight is 270 g/mol. The Balaban J connectivity index is 3.89. The Kier molecular flexibility index (Phi) is 6.62. The van der Waals surface area contributed by atoms with E-state index in [2.05, 4.69) is 4.74 Å². The number of carbonyl (C=O) groups excluding carboxylic acids is 1. The van der Waals surface area contributed by atoms with E-state index in [0.29, 0.717) is 13.1 Å². The van der Waals surface area contributed by atoms with E-state index in [-0.39, 0.29) is 24.3 Å². The maximum Gasteiger partial charge on any atom is 0.411 e. The zero-order chi connectivity index (χ0) is 14.4. The summed E-state index contributed by atoms with van der Waals surface area (Å²) in [5.41, 5.74) is 5.33. The molecule has 18 heavy (non-hydrogen) atoms. The van der Waals surface area contributed by atoms with E-state index in [1.54, 1.807) is 7.05 Å². The van der Waals surface area contributed by atoms with Gasteiger partial charge in [0.15, 0.2) is 0 Å². The number of amides is 1. The summed E-state index contributed by atoms with van der Waals surface area (Å²) in [7, 11) is 1.60. The van der Waals surface area contributed by atoms with Crippen molar-refractivity contribution in [2.45, 2.75) is 26.4 Å². The van der Waals surface area contributed by atoms with Crippen molar-refractivity contribution < 1.29 is 22.7 Å². The lowest BCUT2D eigenvalue weighted by Gasteiger charge is -2.29. The second-order valence-corrected chi connectivity index (χ2v) is 5.04. The van der Waals surface area contributed by atoms with Gasteiger partial charge in [0.2, 0.25) is 5.91 Å². The highest BCUT2D eigenvalue weighted by molar-refractivity contribution is 5.76. The fourth-order valence-electron chi connectivity index (χ4n) is 1.33. The molecule has 0 spiro atoms. The third-order valence-corrected chi connectivity index (χ3v) is 2.37. The third kappa shape index (κ3) is 8.30. The highest BCUT2D eigenvalue weighted by Crippen LogP contribution is 2.15. The predicted octanol–water partition coefficient (Wildman–Crippen LogP) is 1.40. The maximum absolute atomic E-state index is 11.8. The molecule has 0 saturated carbocycles. The van der Waals surface area contributed by atoms with Crippen molar-refractivity contribution in [3.8, 4) is 0 Å². The Morgan fingerprint density at radius 1 is 1.33 bits per heavy atom. The first-order valence-corrected chi connectivity index (χ1v) is 5.66. The number of hydrogen-bond acceptors (Lipinski definition) is 3. The van der Waals surface area contributed by atoms with Gasteiger partial charge in [0.25, 0.3) is 0 Å². The van der Waals surface area contributed by atoms with Gasteiger partial charge in [-0.05, 0) is 12.0 Å². The van der Waals surface area contributed by atoms with Crippen LogP contribution in [0.1, 0.15) is 20.3 Å². The lowest BCUT2D eigenvalue weighted by atomic mass is 9.93. The van der Waals surface area contributed by atoms with Crippen LogP contribution in [-0.4, -0.2) is 50.3 Å². The van der Waals surface area contributed by atoms with Crippen LogP contribution in [0.25, 0.3) is 0 Å². The predicted molar refractivity (Wildman–Crippen MR) is 62.0 cm³/mol. The number of carbonyl (C=O) groups is 1. The summed E-state index contributed by atoms with van der Waals surface area (Å²) in [6.45, 7) is 3.16. The van der Waals surface area contributed by atoms with E-state index in [0.717, 1.165) is 0 Å². The SMILES string of the molecule is CN(CC(C)(C)CN)C(=O)CCOCC(F)(F)F. The van der Waals surface area contributed by atoms with Crippen molar-refractivity contribution in [3.05, 3.63) is 0 Å². The molecule has 0 aromatic rings. The van der Waals surface area contributed by atoms with Crippen LogP contribution in [0.3, 0.4) is 0 Å². The van der Waals surface area contributed by atoms with Gasteiger partial charge in [0.05, 0.1) is 13.0 Å². The molecule has 2 N–H and O–H groups in total. The van der Waals surface area contributed by atoms with Crippen LogP contribution >= 0.6 is 0 Å². The van der Waals surface area contributed by atoms with Crippen LogP contribution < -0.4 is 5.73 Å². The minimum atomic E-state index is -4.35. The molecule has 0 aromatic heterocycles. The van der Waals surface area contributed by atoms with Crippen LogP contribution in [-0.2, 0) is 9.53 Å². The molecule has 0 radical (unpaired) electrons. The molecular weight excluding hydrogens is 249 g/mol. The smallest absolute Gasteiger partial charge is 0.372 e. The third-order valence-electron chi connectivity index (χ3n) is 2.37. The second-order valence-electron chi connectivity index (χ2n) is 5.04. The van der Waals surface area contributed by atoms with Crippen molar-refractivity contribution in [2.24, 2.45) is 11.1 Å². The molecule has 0 atom stereocenters. The molecule has 0 aromatic carbocycles. The number of rotatable bonds is 7. The molecule has 0 fully saturated rings. The van der Waals surface area contributed by atoms with E-state index in [9.17, 15) is 18.0 Å². The molecule has 0 aliphatic heterocycles. The van der Waals surface area contributed by atoms with E-state index < -0.39 is 12.8 Å². The summed E-state index contributed by atoms with van der Waals surface area (Å²) < 4.78 is 39.7. The zero-order valence-corrected chi connectivity index (χ0v) is 11.0. The number of halogens is 3. The zero-order valence-electron chi connectivity index (χ0n) is 11.0. The van der Waals surface area contributed by atoms with E-state index in [1.807, 2.05) is 13.8 Å². The molecular formula is C11H21F3N2O2. The molecule has 0 bridgehead atoms. The van der Waals surface area contributed by atoms with Crippen LogP contribution in [0, 0.1) is 5.41 Å². The van der Waals surface area contributed by atoms with E-state index in [1.165, 1.54) is 4.90 Å². The Morgan fingerprint density at radius 3 is 2.33 bits per heavy atom. The first-order chi connectivity index (χ1) is 8.07. The molecule has 0 aliphatic carbocycles. The summed E-state index contributed by atoms with van der Waals surface area (Å²) in [6, 6.07) is 0. The summed E-state index contributed by atoms with van der Waals surface area (Å²) in [4.78, 5) is 13.0. The van der Waals surface area contributed by atoms with Gasteiger partial charge in [-0.15, -0.1) is 0 Å². The van der Waals surface area contributed by atoms with Gasteiger partial charge in [-0.25, -0.2) is 0 Å². The largest absolute Gasteiger partial charge is 0.411 e. The fraction of sp³-hybridized carbons (Fsp3) is 0.909. The summed E-state index contributed by atoms with van der Waals surface area (Å²) in [5, 5.41) is 0. The molecule has 7 heteroatoms. The molecule has 4 nitrogen and oxygen atoms in total. The average Bonchev–Trinajstić information content (AvgIpc) is 2.22. The van der Waals surface area contributed by atoms with Crippen LogP contribution in [0.5, 0.6) is 0 Å². The van der Waals surface area contributed by atoms with Gasteiger partial charge < -0.3 is 15.4 Å². The number of ether oxygens (including phenoxy) is 1. The van der Waals surface area contributed by atoms with Crippen molar-refractivity contribution in [3.63, 3.8) is 0 Å². The normalized spacial score (nSPS) is 12.6. The first kappa shape index (κ1) is 17.2. The Labute approximate surface area is 105 Å². The molecule has 0 saturated heterocycles. The molecule has 0 heterocycles. The van der Waals surface area contributed by atoms with Gasteiger partial charge in [0.1, 0.15) is 6.61 Å². The van der Waals surface area contributed by atoms with E-state index >= 15 is 0 Å². The number of hydrogen-bond donors (Lipinski definition) is 1. The minimum absolute atomic E-state index is 0.0623. The Hall–Kier alpha value is -0.820. The second kappa shape index (κ2) is 6.94. The van der Waals surface area contributed by atoms with Gasteiger partial charge in [0, 0.05) is 13.6 Å². The maximum atomic E-state index is 11.8. The van der Waals surface area contributed by atoms with Gasteiger partial charge in [-0.3, -0.25) is 4.79 Å². The fourth-order valence-corrected chi connectivity index (χ4v) is 1.33. The monoisotopic (exact) mass is 270 g/mol. The Bertz CT molecular complexity index is 268. The quantitative estimate of drug-likeness (QED) is 0.711. The molecule has 0 rings (SSSR count). The van der Waals surface area contributed by atoms with E-state index in [4.69, 9.17) is 5.73 Å². The molecule has 1 amide bonds. The summed E-state index contributed by atoms with van der Waals surface area (Å²) >= 11 is 0. The molecule has 0 unspecified atom stereocenters. The first-order valence-electron chi connectivity index (χ1n) is 5.66. The standard InChI is InChI=1S/C11H21F3N2O2/c1-10(2,6-15)7-16(3)9(17)4-5-18-8-11(12,13)14/h4-8,15H2,1-3H3. The highest BCUT2D eigenvalue weighted by atomic mass is 19.4.